The molecule has 0 saturated carbocycles. The molecule has 1 heterocycles. The molecule has 0 unspecified atom stereocenters. The van der Waals surface area contributed by atoms with Crippen molar-refractivity contribution in [2.45, 2.75) is 51.8 Å². The summed E-state index contributed by atoms with van der Waals surface area (Å²) < 4.78 is 5.34. The number of fused-ring (bicyclic) bond motifs is 1. The Bertz CT molecular complexity index is 562. The van der Waals surface area contributed by atoms with E-state index in [0.29, 0.717) is 0 Å². The first-order valence-electron chi connectivity index (χ1n) is 7.01. The fourth-order valence-corrected chi connectivity index (χ4v) is 2.69. The van der Waals surface area contributed by atoms with Gasteiger partial charge in [0.05, 0.1) is 6.54 Å². The molecule has 114 valence electrons. The lowest BCUT2D eigenvalue weighted by molar-refractivity contribution is -0.144. The van der Waals surface area contributed by atoms with Gasteiger partial charge in [0.15, 0.2) is 0 Å². The van der Waals surface area contributed by atoms with Crippen LogP contribution in [0.5, 0.6) is 0 Å². The second-order valence-electron chi connectivity index (χ2n) is 6.38. The number of benzene rings is 1. The molecule has 1 aliphatic heterocycles. The number of carboxylic acid groups (broad SMARTS) is 1. The topological polar surface area (TPSA) is 66.8 Å². The van der Waals surface area contributed by atoms with Crippen LogP contribution in [0.3, 0.4) is 0 Å². The fourth-order valence-electron chi connectivity index (χ4n) is 2.69. The van der Waals surface area contributed by atoms with Gasteiger partial charge in [-0.05, 0) is 31.9 Å². The number of carbonyl (C=O) groups excluding carboxylic acids is 1. The molecule has 5 heteroatoms. The summed E-state index contributed by atoms with van der Waals surface area (Å²) in [5.74, 6) is -1.29. The van der Waals surface area contributed by atoms with Gasteiger partial charge in [-0.15, -0.1) is 0 Å². The van der Waals surface area contributed by atoms with Crippen LogP contribution in [0, 0.1) is 0 Å². The molecule has 0 saturated heterocycles. The lowest BCUT2D eigenvalue weighted by Gasteiger charge is -2.39. The van der Waals surface area contributed by atoms with Gasteiger partial charge in [-0.1, -0.05) is 31.2 Å². The summed E-state index contributed by atoms with van der Waals surface area (Å²) in [5.41, 5.74) is 1.29. The summed E-state index contributed by atoms with van der Waals surface area (Å²) in [6.07, 6.45) is -0.587. The van der Waals surface area contributed by atoms with Crippen LogP contribution in [0.25, 0.3) is 0 Å². The standard InChI is InChI=1S/C16H21NO4/c1-10-12-8-6-5-7-11(12)9-17(13(10)14(18)19)15(20)21-16(2,3)4/h5-8,10,13H,9H2,1-4H3,(H,18,19)/t10-,13-/m0/s1. The van der Waals surface area contributed by atoms with Crippen molar-refractivity contribution >= 4 is 12.1 Å². The fraction of sp³-hybridized carbons (Fsp3) is 0.500. The Balaban J connectivity index is 2.36. The maximum absolute atomic E-state index is 12.3. The Morgan fingerprint density at radius 3 is 2.48 bits per heavy atom. The lowest BCUT2D eigenvalue weighted by Crippen LogP contribution is -2.51. The Hall–Kier alpha value is -2.04. The van der Waals surface area contributed by atoms with Crippen molar-refractivity contribution in [2.24, 2.45) is 0 Å². The molecule has 1 amide bonds. The van der Waals surface area contributed by atoms with Crippen LogP contribution in [0.4, 0.5) is 4.79 Å². The van der Waals surface area contributed by atoms with Crippen LogP contribution >= 0.6 is 0 Å². The van der Waals surface area contributed by atoms with E-state index in [-0.39, 0.29) is 12.5 Å². The molecule has 2 atom stereocenters. The van der Waals surface area contributed by atoms with Crippen LogP contribution < -0.4 is 0 Å². The number of hydrogen-bond donors (Lipinski definition) is 1. The molecule has 1 aromatic rings. The van der Waals surface area contributed by atoms with E-state index in [1.807, 2.05) is 31.2 Å². The van der Waals surface area contributed by atoms with Gasteiger partial charge >= 0.3 is 12.1 Å². The third kappa shape index (κ3) is 3.17. The van der Waals surface area contributed by atoms with Crippen molar-refractivity contribution in [3.8, 4) is 0 Å². The van der Waals surface area contributed by atoms with E-state index in [9.17, 15) is 14.7 Å². The van der Waals surface area contributed by atoms with Crippen LogP contribution in [-0.2, 0) is 16.1 Å². The van der Waals surface area contributed by atoms with Crippen molar-refractivity contribution < 1.29 is 19.4 Å². The first-order valence-corrected chi connectivity index (χ1v) is 7.01. The highest BCUT2D eigenvalue weighted by molar-refractivity contribution is 5.82. The van der Waals surface area contributed by atoms with Gasteiger partial charge in [-0.3, -0.25) is 4.90 Å². The normalized spacial score (nSPS) is 21.6. The number of hydrogen-bond acceptors (Lipinski definition) is 3. The SMILES string of the molecule is C[C@H]1c2ccccc2CN(C(=O)OC(C)(C)C)[C@@H]1C(=O)O. The third-order valence-electron chi connectivity index (χ3n) is 3.58. The highest BCUT2D eigenvalue weighted by atomic mass is 16.6. The van der Waals surface area contributed by atoms with Crippen molar-refractivity contribution in [3.63, 3.8) is 0 Å². The number of carboxylic acids is 1. The first kappa shape index (κ1) is 15.4. The average Bonchev–Trinajstić information content (AvgIpc) is 2.36. The zero-order chi connectivity index (χ0) is 15.8. The van der Waals surface area contributed by atoms with Crippen molar-refractivity contribution in [1.29, 1.82) is 0 Å². The monoisotopic (exact) mass is 291 g/mol. The first-order chi connectivity index (χ1) is 9.70. The molecule has 0 fully saturated rings. The maximum Gasteiger partial charge on any atom is 0.411 e. The summed E-state index contributed by atoms with van der Waals surface area (Å²) in [6.45, 7) is 7.38. The van der Waals surface area contributed by atoms with Gasteiger partial charge in [0.1, 0.15) is 11.6 Å². The largest absolute Gasteiger partial charge is 0.480 e. The van der Waals surface area contributed by atoms with Crippen molar-refractivity contribution in [1.82, 2.24) is 4.90 Å². The molecular weight excluding hydrogens is 270 g/mol. The molecule has 1 aromatic carbocycles. The van der Waals surface area contributed by atoms with Crippen LogP contribution in [0.2, 0.25) is 0 Å². The van der Waals surface area contributed by atoms with Gasteiger partial charge in [0, 0.05) is 5.92 Å². The smallest absolute Gasteiger partial charge is 0.411 e. The highest BCUT2D eigenvalue weighted by Crippen LogP contribution is 2.34. The number of nitrogens with zero attached hydrogens (tertiary/aromatic N) is 1. The Kier molecular flexibility index (Phi) is 3.94. The van der Waals surface area contributed by atoms with E-state index in [1.54, 1.807) is 20.8 Å². The number of carbonyl (C=O) groups is 2. The molecule has 2 rings (SSSR count). The average molecular weight is 291 g/mol. The molecule has 1 N–H and O–H groups in total. The Morgan fingerprint density at radius 2 is 1.90 bits per heavy atom. The summed E-state index contributed by atoms with van der Waals surface area (Å²) in [6, 6.07) is 6.70. The van der Waals surface area contributed by atoms with E-state index in [4.69, 9.17) is 4.74 Å². The van der Waals surface area contributed by atoms with E-state index in [1.165, 1.54) is 4.90 Å². The maximum atomic E-state index is 12.3. The molecule has 1 aliphatic rings. The van der Waals surface area contributed by atoms with Gasteiger partial charge in [0.25, 0.3) is 0 Å². The van der Waals surface area contributed by atoms with E-state index < -0.39 is 23.7 Å². The molecule has 21 heavy (non-hydrogen) atoms. The van der Waals surface area contributed by atoms with Crippen molar-refractivity contribution in [3.05, 3.63) is 35.4 Å². The summed E-state index contributed by atoms with van der Waals surface area (Å²) in [5, 5.41) is 9.50. The molecule has 0 aliphatic carbocycles. The number of aliphatic carboxylic acids is 1. The molecule has 0 aromatic heterocycles. The van der Waals surface area contributed by atoms with E-state index >= 15 is 0 Å². The van der Waals surface area contributed by atoms with Gasteiger partial charge < -0.3 is 9.84 Å². The summed E-state index contributed by atoms with van der Waals surface area (Å²) >= 11 is 0. The minimum Gasteiger partial charge on any atom is -0.480 e. The number of ether oxygens (including phenoxy) is 1. The zero-order valence-electron chi connectivity index (χ0n) is 12.8. The number of rotatable bonds is 1. The van der Waals surface area contributed by atoms with Crippen LogP contribution in [0.15, 0.2) is 24.3 Å². The highest BCUT2D eigenvalue weighted by Gasteiger charge is 2.41. The molecule has 0 radical (unpaired) electrons. The van der Waals surface area contributed by atoms with Gasteiger partial charge in [0.2, 0.25) is 0 Å². The molecule has 0 spiro atoms. The van der Waals surface area contributed by atoms with Crippen LogP contribution in [0.1, 0.15) is 44.7 Å². The quantitative estimate of drug-likeness (QED) is 0.863. The predicted molar refractivity (Wildman–Crippen MR) is 78.1 cm³/mol. The Morgan fingerprint density at radius 1 is 1.29 bits per heavy atom. The summed E-state index contributed by atoms with van der Waals surface area (Å²) in [7, 11) is 0. The lowest BCUT2D eigenvalue weighted by atomic mass is 9.85. The molecular formula is C16H21NO4. The zero-order valence-corrected chi connectivity index (χ0v) is 12.8. The predicted octanol–water partition coefficient (Wildman–Crippen LogP) is 2.99. The second-order valence-corrected chi connectivity index (χ2v) is 6.38. The summed E-state index contributed by atoms with van der Waals surface area (Å²) in [4.78, 5) is 25.2. The van der Waals surface area contributed by atoms with E-state index in [0.717, 1.165) is 11.1 Å². The molecule has 5 nitrogen and oxygen atoms in total. The third-order valence-corrected chi connectivity index (χ3v) is 3.58. The number of amides is 1. The second kappa shape index (κ2) is 5.39. The van der Waals surface area contributed by atoms with Crippen molar-refractivity contribution in [2.75, 3.05) is 0 Å². The van der Waals surface area contributed by atoms with Gasteiger partial charge in [-0.25, -0.2) is 9.59 Å². The van der Waals surface area contributed by atoms with E-state index in [2.05, 4.69) is 0 Å². The van der Waals surface area contributed by atoms with Gasteiger partial charge in [-0.2, -0.15) is 0 Å². The minimum absolute atomic E-state index is 0.256. The van der Waals surface area contributed by atoms with Crippen LogP contribution in [-0.4, -0.2) is 33.7 Å². The molecule has 0 bridgehead atoms. The minimum atomic E-state index is -1.01. The Labute approximate surface area is 124 Å².